The first-order valence-electron chi connectivity index (χ1n) is 5.82. The molecule has 1 unspecified atom stereocenters. The van der Waals surface area contributed by atoms with Crippen molar-refractivity contribution in [3.8, 4) is 0 Å². The molecule has 0 amide bonds. The van der Waals surface area contributed by atoms with Gasteiger partial charge in [0, 0.05) is 12.4 Å². The number of nitrogens with one attached hydrogen (secondary N) is 1. The van der Waals surface area contributed by atoms with E-state index in [1.54, 1.807) is 0 Å². The van der Waals surface area contributed by atoms with Gasteiger partial charge in [0.15, 0.2) is 0 Å². The standard InChI is InChI=1S/C13H14FN3/c14-11-3-1-10(2-4-11)12-5-6-15-9-13-16-7-8-17(12)13/h1-4,7-8,12,15H,5-6,9H2. The van der Waals surface area contributed by atoms with Crippen molar-refractivity contribution in [3.05, 3.63) is 53.9 Å². The van der Waals surface area contributed by atoms with Crippen molar-refractivity contribution in [3.63, 3.8) is 0 Å². The van der Waals surface area contributed by atoms with Gasteiger partial charge >= 0.3 is 0 Å². The van der Waals surface area contributed by atoms with E-state index in [4.69, 9.17) is 0 Å². The van der Waals surface area contributed by atoms with Crippen LogP contribution < -0.4 is 5.32 Å². The zero-order valence-corrected chi connectivity index (χ0v) is 9.44. The second-order valence-corrected chi connectivity index (χ2v) is 4.28. The molecular formula is C13H14FN3. The van der Waals surface area contributed by atoms with Crippen LogP contribution in [-0.2, 0) is 6.54 Å². The van der Waals surface area contributed by atoms with E-state index in [0.717, 1.165) is 30.9 Å². The lowest BCUT2D eigenvalue weighted by atomic mass is 10.0. The zero-order valence-electron chi connectivity index (χ0n) is 9.44. The predicted molar refractivity (Wildman–Crippen MR) is 63.1 cm³/mol. The van der Waals surface area contributed by atoms with Crippen molar-refractivity contribution in [2.45, 2.75) is 19.0 Å². The van der Waals surface area contributed by atoms with Crippen molar-refractivity contribution in [2.24, 2.45) is 0 Å². The van der Waals surface area contributed by atoms with E-state index in [0.29, 0.717) is 0 Å². The minimum absolute atomic E-state index is 0.189. The lowest BCUT2D eigenvalue weighted by molar-refractivity contribution is 0.546. The zero-order chi connectivity index (χ0) is 11.7. The molecular weight excluding hydrogens is 217 g/mol. The molecule has 1 aliphatic heterocycles. The third-order valence-electron chi connectivity index (χ3n) is 3.22. The first-order chi connectivity index (χ1) is 8.34. The Morgan fingerprint density at radius 3 is 2.94 bits per heavy atom. The van der Waals surface area contributed by atoms with Gasteiger partial charge in [-0.3, -0.25) is 0 Å². The average molecular weight is 231 g/mol. The molecule has 0 saturated heterocycles. The fourth-order valence-corrected chi connectivity index (χ4v) is 2.35. The lowest BCUT2D eigenvalue weighted by Gasteiger charge is -2.18. The summed E-state index contributed by atoms with van der Waals surface area (Å²) in [5, 5.41) is 3.34. The van der Waals surface area contributed by atoms with Crippen LogP contribution in [0, 0.1) is 5.82 Å². The van der Waals surface area contributed by atoms with E-state index >= 15 is 0 Å². The van der Waals surface area contributed by atoms with Gasteiger partial charge in [0.05, 0.1) is 12.6 Å². The number of aromatic nitrogens is 2. The summed E-state index contributed by atoms with van der Waals surface area (Å²) in [5.41, 5.74) is 1.13. The molecule has 1 N–H and O–H groups in total. The number of halogens is 1. The van der Waals surface area contributed by atoms with Crippen LogP contribution in [0.2, 0.25) is 0 Å². The van der Waals surface area contributed by atoms with Crippen molar-refractivity contribution in [2.75, 3.05) is 6.54 Å². The minimum atomic E-state index is -0.189. The Morgan fingerprint density at radius 1 is 1.29 bits per heavy atom. The molecule has 2 heterocycles. The van der Waals surface area contributed by atoms with Gasteiger partial charge < -0.3 is 9.88 Å². The van der Waals surface area contributed by atoms with Gasteiger partial charge in [0.2, 0.25) is 0 Å². The molecule has 4 heteroatoms. The van der Waals surface area contributed by atoms with Crippen molar-refractivity contribution in [1.82, 2.24) is 14.9 Å². The molecule has 0 fully saturated rings. The van der Waals surface area contributed by atoms with Gasteiger partial charge in [-0.25, -0.2) is 9.37 Å². The molecule has 88 valence electrons. The van der Waals surface area contributed by atoms with Gasteiger partial charge in [-0.2, -0.15) is 0 Å². The number of hydrogen-bond donors (Lipinski definition) is 1. The van der Waals surface area contributed by atoms with Crippen LogP contribution in [0.5, 0.6) is 0 Å². The summed E-state index contributed by atoms with van der Waals surface area (Å²) in [6.07, 6.45) is 4.81. The van der Waals surface area contributed by atoms with E-state index in [1.807, 2.05) is 24.5 Å². The molecule has 0 aliphatic carbocycles. The average Bonchev–Trinajstić information content (AvgIpc) is 2.71. The first-order valence-corrected chi connectivity index (χ1v) is 5.82. The van der Waals surface area contributed by atoms with Crippen LogP contribution in [0.15, 0.2) is 36.7 Å². The van der Waals surface area contributed by atoms with Gasteiger partial charge in [-0.15, -0.1) is 0 Å². The van der Waals surface area contributed by atoms with E-state index < -0.39 is 0 Å². The summed E-state index contributed by atoms with van der Waals surface area (Å²) in [6.45, 7) is 1.75. The Kier molecular flexibility index (Phi) is 2.65. The number of nitrogens with zero attached hydrogens (tertiary/aromatic N) is 2. The molecule has 17 heavy (non-hydrogen) atoms. The summed E-state index contributed by atoms with van der Waals surface area (Å²) in [7, 11) is 0. The fourth-order valence-electron chi connectivity index (χ4n) is 2.35. The monoisotopic (exact) mass is 231 g/mol. The van der Waals surface area contributed by atoms with Gasteiger partial charge in [-0.1, -0.05) is 12.1 Å². The summed E-state index contributed by atoms with van der Waals surface area (Å²) in [6, 6.07) is 7.00. The van der Waals surface area contributed by atoms with Crippen LogP contribution in [0.1, 0.15) is 23.9 Å². The maximum Gasteiger partial charge on any atom is 0.123 e. The van der Waals surface area contributed by atoms with E-state index in [-0.39, 0.29) is 11.9 Å². The Hall–Kier alpha value is -1.68. The number of benzene rings is 1. The van der Waals surface area contributed by atoms with Crippen LogP contribution in [0.4, 0.5) is 4.39 Å². The van der Waals surface area contributed by atoms with Crippen LogP contribution in [0.3, 0.4) is 0 Å². The van der Waals surface area contributed by atoms with Crippen LogP contribution >= 0.6 is 0 Å². The van der Waals surface area contributed by atoms with Crippen LogP contribution in [-0.4, -0.2) is 16.1 Å². The molecule has 1 atom stereocenters. The fraction of sp³-hybridized carbons (Fsp3) is 0.308. The predicted octanol–water partition coefficient (Wildman–Crippen LogP) is 2.10. The normalized spacial score (nSPS) is 19.7. The Bertz CT molecular complexity index is 504. The molecule has 3 rings (SSSR count). The van der Waals surface area contributed by atoms with Gasteiger partial charge in [0.25, 0.3) is 0 Å². The summed E-state index contributed by atoms with van der Waals surface area (Å²) in [5.74, 6) is 0.850. The third-order valence-corrected chi connectivity index (χ3v) is 3.22. The van der Waals surface area contributed by atoms with Crippen molar-refractivity contribution in [1.29, 1.82) is 0 Å². The molecule has 0 spiro atoms. The van der Waals surface area contributed by atoms with E-state index in [9.17, 15) is 4.39 Å². The third kappa shape index (κ3) is 1.96. The van der Waals surface area contributed by atoms with Crippen molar-refractivity contribution >= 4 is 0 Å². The number of rotatable bonds is 1. The van der Waals surface area contributed by atoms with E-state index in [2.05, 4.69) is 14.9 Å². The highest BCUT2D eigenvalue weighted by molar-refractivity contribution is 5.22. The molecule has 0 saturated carbocycles. The topological polar surface area (TPSA) is 29.9 Å². The van der Waals surface area contributed by atoms with Gasteiger partial charge in [-0.05, 0) is 30.7 Å². The Balaban J connectivity index is 2.00. The SMILES string of the molecule is Fc1ccc(C2CCNCc3nccn32)cc1. The van der Waals surface area contributed by atoms with Crippen LogP contribution in [0.25, 0.3) is 0 Å². The second kappa shape index (κ2) is 4.30. The maximum absolute atomic E-state index is 12.9. The largest absolute Gasteiger partial charge is 0.326 e. The molecule has 3 nitrogen and oxygen atoms in total. The summed E-state index contributed by atoms with van der Waals surface area (Å²) < 4.78 is 15.1. The van der Waals surface area contributed by atoms with Gasteiger partial charge in [0.1, 0.15) is 11.6 Å². The Labute approximate surface area is 99.3 Å². The highest BCUT2D eigenvalue weighted by Crippen LogP contribution is 2.25. The molecule has 1 aromatic carbocycles. The number of fused-ring (bicyclic) bond motifs is 1. The highest BCUT2D eigenvalue weighted by atomic mass is 19.1. The minimum Gasteiger partial charge on any atom is -0.326 e. The quantitative estimate of drug-likeness (QED) is 0.814. The molecule has 1 aromatic heterocycles. The number of imidazole rings is 1. The number of hydrogen-bond acceptors (Lipinski definition) is 2. The molecule has 0 bridgehead atoms. The lowest BCUT2D eigenvalue weighted by Crippen LogP contribution is -2.13. The van der Waals surface area contributed by atoms with E-state index in [1.165, 1.54) is 12.1 Å². The molecule has 0 radical (unpaired) electrons. The highest BCUT2D eigenvalue weighted by Gasteiger charge is 2.19. The maximum atomic E-state index is 12.9. The Morgan fingerprint density at radius 2 is 2.12 bits per heavy atom. The summed E-state index contributed by atoms with van der Waals surface area (Å²) >= 11 is 0. The summed E-state index contributed by atoms with van der Waals surface area (Å²) in [4.78, 5) is 4.34. The second-order valence-electron chi connectivity index (χ2n) is 4.28. The first kappa shape index (κ1) is 10.5. The molecule has 1 aliphatic rings. The van der Waals surface area contributed by atoms with Crippen molar-refractivity contribution < 1.29 is 4.39 Å². The smallest absolute Gasteiger partial charge is 0.123 e. The molecule has 2 aromatic rings.